The first-order valence-electron chi connectivity index (χ1n) is 19.8. The maximum Gasteiger partial charge on any atom is 0.258 e. The van der Waals surface area contributed by atoms with Crippen LogP contribution >= 0.6 is 0 Å². The maximum absolute atomic E-state index is 14.3. The van der Waals surface area contributed by atoms with Crippen molar-refractivity contribution in [3.8, 4) is 11.5 Å². The van der Waals surface area contributed by atoms with Crippen molar-refractivity contribution in [2.24, 2.45) is 0 Å². The van der Waals surface area contributed by atoms with E-state index in [9.17, 15) is 9.59 Å². The molecule has 1 heterocycles. The fraction of sp³-hybridized carbons (Fsp3) is 0.721. The fourth-order valence-electron chi connectivity index (χ4n) is 7.87. The molecule has 0 unspecified atom stereocenters. The lowest BCUT2D eigenvalue weighted by Gasteiger charge is -2.47. The summed E-state index contributed by atoms with van der Waals surface area (Å²) in [4.78, 5) is 28.4. The molecule has 3 rings (SSSR count). The first-order valence-corrected chi connectivity index (χ1v) is 27.8. The lowest BCUT2D eigenvalue weighted by molar-refractivity contribution is 0.0467. The Hall–Kier alpha value is -1.99. The van der Waals surface area contributed by atoms with E-state index in [1.165, 1.54) is 7.11 Å². The molecule has 0 aromatic heterocycles. The lowest BCUT2D eigenvalue weighted by atomic mass is 9.71. The molecule has 0 saturated carbocycles. The Balaban J connectivity index is 2.41. The standard InChI is InChI=1S/C43H74O7Si3/c1-26(2)53(27(3)4,28(5)6)49-33-24-32-35(37(44)30(8)39(46-17)38(32)45)40-36(33)43(16,31(9)48-40)34(50-52(20,21)42(13,14)15)23-22-29(7)25-47-51(18,19)41(10,11)12/h22,24,26-28,31,34H,23,25H2,1-21H3/b29-22+/t31-,34-,43-/m1/s1. The highest BCUT2D eigenvalue weighted by atomic mass is 28.4. The van der Waals surface area contributed by atoms with E-state index >= 15 is 0 Å². The molecule has 0 bridgehead atoms. The highest BCUT2D eigenvalue weighted by Crippen LogP contribution is 2.57. The molecule has 0 radical (unpaired) electrons. The molecule has 2 aliphatic rings. The molecule has 0 fully saturated rings. The van der Waals surface area contributed by atoms with E-state index < -0.39 is 30.4 Å². The van der Waals surface area contributed by atoms with Crippen LogP contribution in [0.5, 0.6) is 11.5 Å². The molecular weight excluding hydrogens is 713 g/mol. The normalized spacial score (nSPS) is 21.1. The summed E-state index contributed by atoms with van der Waals surface area (Å²) in [5.74, 6) is 0.580. The van der Waals surface area contributed by atoms with Crippen LogP contribution in [0.25, 0.3) is 0 Å². The van der Waals surface area contributed by atoms with Gasteiger partial charge in [-0.3, -0.25) is 9.59 Å². The quantitative estimate of drug-likeness (QED) is 0.137. The Morgan fingerprint density at radius 2 is 1.42 bits per heavy atom. The first-order chi connectivity index (χ1) is 23.9. The summed E-state index contributed by atoms with van der Waals surface area (Å²) < 4.78 is 34.1. The van der Waals surface area contributed by atoms with E-state index in [0.717, 1.165) is 11.1 Å². The van der Waals surface area contributed by atoms with Crippen LogP contribution in [0.15, 0.2) is 29.0 Å². The topological polar surface area (TPSA) is 80.3 Å². The number of methoxy groups -OCH3 is 1. The van der Waals surface area contributed by atoms with E-state index in [4.69, 9.17) is 22.8 Å². The molecule has 0 N–H and O–H groups in total. The van der Waals surface area contributed by atoms with Gasteiger partial charge in [0.1, 0.15) is 17.6 Å². The monoisotopic (exact) mass is 786 g/mol. The largest absolute Gasteiger partial charge is 0.542 e. The summed E-state index contributed by atoms with van der Waals surface area (Å²) in [6.45, 7) is 45.0. The summed E-state index contributed by atoms with van der Waals surface area (Å²) >= 11 is 0. The molecule has 1 aromatic carbocycles. The number of hydrogen-bond donors (Lipinski definition) is 0. The number of benzene rings is 1. The summed E-state index contributed by atoms with van der Waals surface area (Å²) in [6.07, 6.45) is 2.20. The van der Waals surface area contributed by atoms with Crippen molar-refractivity contribution in [2.75, 3.05) is 13.7 Å². The Kier molecular flexibility index (Phi) is 13.3. The van der Waals surface area contributed by atoms with Gasteiger partial charge in [0.25, 0.3) is 8.32 Å². The number of fused-ring (bicyclic) bond motifs is 3. The van der Waals surface area contributed by atoms with Gasteiger partial charge < -0.3 is 22.8 Å². The van der Waals surface area contributed by atoms with Crippen LogP contribution in [0.4, 0.5) is 0 Å². The summed E-state index contributed by atoms with van der Waals surface area (Å²) in [6, 6.07) is 1.84. The minimum absolute atomic E-state index is 0.0532. The molecule has 0 saturated heterocycles. The minimum Gasteiger partial charge on any atom is -0.542 e. The van der Waals surface area contributed by atoms with Gasteiger partial charge in [-0.1, -0.05) is 94.7 Å². The maximum atomic E-state index is 14.3. The minimum atomic E-state index is -2.56. The highest BCUT2D eigenvalue weighted by Gasteiger charge is 2.57. The SMILES string of the molecule is COC1=C(C)C(=O)c2c(cc(O[Si](C(C)C)(C(C)C)C(C)C)c3c2O[C@H](C)[C@]3(C)[C@@H](C/C=C(\C)CO[Si](C)(C)C(C)(C)C)O[Si](C)(C)C(C)(C)C)C1=O. The molecule has 1 aliphatic heterocycles. The Morgan fingerprint density at radius 3 is 1.87 bits per heavy atom. The molecule has 0 amide bonds. The Bertz CT molecular complexity index is 1600. The van der Waals surface area contributed by atoms with Crippen LogP contribution in [-0.4, -0.2) is 62.4 Å². The van der Waals surface area contributed by atoms with E-state index in [1.54, 1.807) is 6.92 Å². The zero-order chi connectivity index (χ0) is 41.0. The third-order valence-electron chi connectivity index (χ3n) is 13.5. The van der Waals surface area contributed by atoms with Gasteiger partial charge in [0, 0.05) is 16.7 Å². The van der Waals surface area contributed by atoms with Gasteiger partial charge in [0.05, 0.1) is 30.8 Å². The molecular formula is C43H74O7Si3. The number of carbonyl (C=O) groups excluding carboxylic acids is 2. The van der Waals surface area contributed by atoms with Crippen molar-refractivity contribution in [1.82, 2.24) is 0 Å². The van der Waals surface area contributed by atoms with E-state index in [1.807, 2.05) is 6.07 Å². The summed E-state index contributed by atoms with van der Waals surface area (Å²) in [7, 11) is -5.43. The average molecular weight is 787 g/mol. The second kappa shape index (κ2) is 15.5. The van der Waals surface area contributed by atoms with Crippen LogP contribution in [0.2, 0.25) is 52.9 Å². The van der Waals surface area contributed by atoms with Crippen molar-refractivity contribution in [3.63, 3.8) is 0 Å². The van der Waals surface area contributed by atoms with Crippen LogP contribution in [0.1, 0.15) is 143 Å². The van der Waals surface area contributed by atoms with Crippen LogP contribution in [0, 0.1) is 0 Å². The lowest BCUT2D eigenvalue weighted by Crippen LogP contribution is -2.54. The van der Waals surface area contributed by atoms with Gasteiger partial charge in [0.15, 0.2) is 28.2 Å². The second-order valence-corrected chi connectivity index (χ2v) is 34.9. The van der Waals surface area contributed by atoms with Gasteiger partial charge in [-0.05, 0) is 93.1 Å². The number of carbonyl (C=O) groups is 2. The summed E-state index contributed by atoms with van der Waals surface area (Å²) in [5.41, 5.74) is 2.97. The van der Waals surface area contributed by atoms with Crippen LogP contribution in [-0.2, 0) is 19.0 Å². The molecule has 0 spiro atoms. The predicted molar refractivity (Wildman–Crippen MR) is 228 cm³/mol. The Labute approximate surface area is 326 Å². The van der Waals surface area contributed by atoms with Gasteiger partial charge >= 0.3 is 0 Å². The van der Waals surface area contributed by atoms with Gasteiger partial charge in [-0.15, -0.1) is 0 Å². The smallest absolute Gasteiger partial charge is 0.258 e. The number of hydrogen-bond acceptors (Lipinski definition) is 7. The molecule has 10 heteroatoms. The number of ether oxygens (including phenoxy) is 2. The highest BCUT2D eigenvalue weighted by molar-refractivity contribution is 6.78. The van der Waals surface area contributed by atoms with Gasteiger partial charge in [-0.2, -0.15) is 0 Å². The fourth-order valence-corrected chi connectivity index (χ4v) is 15.5. The number of ketones is 2. The molecule has 300 valence electrons. The van der Waals surface area contributed by atoms with Crippen molar-refractivity contribution in [1.29, 1.82) is 0 Å². The van der Waals surface area contributed by atoms with Gasteiger partial charge in [-0.25, -0.2) is 0 Å². The van der Waals surface area contributed by atoms with Crippen LogP contribution < -0.4 is 9.16 Å². The Morgan fingerprint density at radius 1 is 0.906 bits per heavy atom. The second-order valence-electron chi connectivity index (χ2n) is 20.0. The molecule has 3 atom stereocenters. The summed E-state index contributed by atoms with van der Waals surface area (Å²) in [5, 5.41) is 0.0594. The third-order valence-corrected chi connectivity index (χ3v) is 28.5. The van der Waals surface area contributed by atoms with E-state index in [-0.39, 0.29) is 67.4 Å². The first kappa shape index (κ1) is 45.4. The molecule has 53 heavy (non-hydrogen) atoms. The zero-order valence-electron chi connectivity index (χ0n) is 37.3. The van der Waals surface area contributed by atoms with Crippen molar-refractivity contribution >= 4 is 36.5 Å². The average Bonchev–Trinajstić information content (AvgIpc) is 3.28. The predicted octanol–water partition coefficient (Wildman–Crippen LogP) is 12.3. The van der Waals surface area contributed by atoms with Crippen molar-refractivity contribution in [2.45, 2.75) is 188 Å². The van der Waals surface area contributed by atoms with Gasteiger partial charge in [0.2, 0.25) is 5.78 Å². The molecule has 1 aromatic rings. The zero-order valence-corrected chi connectivity index (χ0v) is 40.3. The third kappa shape index (κ3) is 8.14. The molecule has 7 nitrogen and oxygen atoms in total. The van der Waals surface area contributed by atoms with E-state index in [0.29, 0.717) is 30.1 Å². The van der Waals surface area contributed by atoms with Crippen LogP contribution in [0.3, 0.4) is 0 Å². The van der Waals surface area contributed by atoms with Crippen molar-refractivity contribution in [3.05, 3.63) is 45.7 Å². The van der Waals surface area contributed by atoms with Crippen molar-refractivity contribution < 1.29 is 32.3 Å². The number of Topliss-reactive ketones (excluding diaryl/α,β-unsaturated/α-hetero) is 2. The molecule has 1 aliphatic carbocycles. The van der Waals surface area contributed by atoms with E-state index in [2.05, 4.69) is 136 Å². The number of allylic oxidation sites excluding steroid dienone is 2. The number of rotatable bonds is 14.